The van der Waals surface area contributed by atoms with Gasteiger partial charge in [0.05, 0.1) is 11.5 Å². The van der Waals surface area contributed by atoms with Crippen LogP contribution in [0.1, 0.15) is 12.5 Å². The number of rotatable bonds is 7. The number of hydrazone groups is 1. The number of fused-ring (bicyclic) bond motifs is 1. The zero-order valence-electron chi connectivity index (χ0n) is 15.9. The molecule has 0 bridgehead atoms. The molecule has 3 heterocycles. The fourth-order valence-corrected chi connectivity index (χ4v) is 3.17. The van der Waals surface area contributed by atoms with E-state index in [2.05, 4.69) is 31.0 Å². The summed E-state index contributed by atoms with van der Waals surface area (Å²) in [4.78, 5) is 16.1. The van der Waals surface area contributed by atoms with Crippen molar-refractivity contribution in [1.29, 1.82) is 0 Å². The van der Waals surface area contributed by atoms with Crippen LogP contribution in [0.5, 0.6) is 11.5 Å². The fraction of sp³-hybridized carbons (Fsp3) is 0.167. The third kappa shape index (κ3) is 4.43. The van der Waals surface area contributed by atoms with Crippen molar-refractivity contribution in [1.82, 2.24) is 19.9 Å². The van der Waals surface area contributed by atoms with E-state index in [1.54, 1.807) is 24.4 Å². The molecule has 30 heavy (non-hydrogen) atoms. The summed E-state index contributed by atoms with van der Waals surface area (Å²) < 4.78 is 11.9. The van der Waals surface area contributed by atoms with Gasteiger partial charge in [-0.2, -0.15) is 5.10 Å². The van der Waals surface area contributed by atoms with Crippen LogP contribution in [0.15, 0.2) is 52.9 Å². The summed E-state index contributed by atoms with van der Waals surface area (Å²) >= 11 is 1.14. The monoisotopic (exact) mass is 426 g/mol. The Morgan fingerprint density at radius 2 is 2.13 bits per heavy atom. The normalized spacial score (nSPS) is 12.6. The molecule has 1 aliphatic heterocycles. The van der Waals surface area contributed by atoms with Crippen LogP contribution in [0, 0.1) is 0 Å². The Labute approximate surface area is 175 Å². The number of carbonyl (C=O) groups excluding carboxylic acids is 1. The Morgan fingerprint density at radius 1 is 1.27 bits per heavy atom. The van der Waals surface area contributed by atoms with Crippen LogP contribution in [0.4, 0.5) is 11.8 Å². The second-order valence-electron chi connectivity index (χ2n) is 6.11. The summed E-state index contributed by atoms with van der Waals surface area (Å²) in [5.74, 6) is 7.97. The van der Waals surface area contributed by atoms with Crippen molar-refractivity contribution in [2.24, 2.45) is 5.10 Å². The van der Waals surface area contributed by atoms with E-state index >= 15 is 0 Å². The second kappa shape index (κ2) is 8.69. The zero-order valence-corrected chi connectivity index (χ0v) is 16.7. The fourth-order valence-electron chi connectivity index (χ4n) is 2.52. The number of thioether (sulfide) groups is 1. The van der Waals surface area contributed by atoms with E-state index in [9.17, 15) is 4.79 Å². The Morgan fingerprint density at radius 3 is 2.97 bits per heavy atom. The highest BCUT2D eigenvalue weighted by molar-refractivity contribution is 7.99. The average Bonchev–Trinajstić information content (AvgIpc) is 3.37. The van der Waals surface area contributed by atoms with E-state index in [1.165, 1.54) is 4.68 Å². The largest absolute Gasteiger partial charge is 0.454 e. The molecule has 1 aromatic carbocycles. The lowest BCUT2D eigenvalue weighted by atomic mass is 10.1. The Kier molecular flexibility index (Phi) is 5.66. The van der Waals surface area contributed by atoms with Gasteiger partial charge in [-0.15, -0.1) is 10.2 Å². The second-order valence-corrected chi connectivity index (χ2v) is 7.05. The summed E-state index contributed by atoms with van der Waals surface area (Å²) in [6.07, 6.45) is 1.60. The molecule has 1 amide bonds. The van der Waals surface area contributed by atoms with Crippen molar-refractivity contribution in [2.75, 3.05) is 29.1 Å². The minimum atomic E-state index is -0.229. The molecule has 0 saturated heterocycles. The summed E-state index contributed by atoms with van der Waals surface area (Å²) in [6.45, 7) is 2.04. The Bertz CT molecular complexity index is 1090. The lowest BCUT2D eigenvalue weighted by molar-refractivity contribution is -0.113. The van der Waals surface area contributed by atoms with Gasteiger partial charge in [0.25, 0.3) is 5.95 Å². The van der Waals surface area contributed by atoms with Gasteiger partial charge in [-0.1, -0.05) is 17.8 Å². The number of aromatic nitrogens is 4. The van der Waals surface area contributed by atoms with Crippen LogP contribution in [0.3, 0.4) is 0 Å². The first kappa shape index (κ1) is 19.5. The number of ether oxygens (including phenoxy) is 2. The molecule has 0 fully saturated rings. The number of nitrogens with one attached hydrogen (secondary N) is 2. The van der Waals surface area contributed by atoms with Crippen LogP contribution in [0.2, 0.25) is 0 Å². The van der Waals surface area contributed by atoms with E-state index in [0.29, 0.717) is 28.2 Å². The molecule has 0 aliphatic carbocycles. The van der Waals surface area contributed by atoms with E-state index < -0.39 is 0 Å². The number of pyridine rings is 1. The van der Waals surface area contributed by atoms with Gasteiger partial charge in [0.2, 0.25) is 17.9 Å². The smallest absolute Gasteiger partial charge is 0.264 e. The lowest BCUT2D eigenvalue weighted by Crippen LogP contribution is -2.17. The third-order valence-corrected chi connectivity index (χ3v) is 4.99. The summed E-state index contributed by atoms with van der Waals surface area (Å²) in [6, 6.07) is 10.8. The van der Waals surface area contributed by atoms with E-state index in [0.717, 1.165) is 17.3 Å². The maximum Gasteiger partial charge on any atom is 0.264 e. The molecular weight excluding hydrogens is 408 g/mol. The van der Waals surface area contributed by atoms with Crippen molar-refractivity contribution in [3.05, 3.63) is 48.2 Å². The number of anilines is 2. The predicted molar refractivity (Wildman–Crippen MR) is 112 cm³/mol. The number of carbonyl (C=O) groups is 1. The van der Waals surface area contributed by atoms with Gasteiger partial charge in [0.15, 0.2) is 11.5 Å². The summed E-state index contributed by atoms with van der Waals surface area (Å²) in [5, 5.41) is 15.3. The van der Waals surface area contributed by atoms with E-state index in [-0.39, 0.29) is 24.4 Å². The number of amides is 1. The first-order chi connectivity index (χ1) is 14.6. The standard InChI is InChI=1S/C18H18N8O3S/c1-11(12-5-6-13-14(8-12)29-10-28-13)22-23-17-24-25-18(26(17)19)30-9-16(27)21-15-4-2-3-7-20-15/h2-8H,9-10,19H2,1H3,(H,23,24)(H,20,21,27)/b22-11+. The van der Waals surface area contributed by atoms with Crippen LogP contribution in [0.25, 0.3) is 0 Å². The highest BCUT2D eigenvalue weighted by Gasteiger charge is 2.15. The molecule has 0 atom stereocenters. The molecule has 11 nitrogen and oxygen atoms in total. The highest BCUT2D eigenvalue weighted by Crippen LogP contribution is 2.32. The molecule has 1 aliphatic rings. The number of nitrogen functional groups attached to an aromatic ring is 1. The Balaban J connectivity index is 1.35. The van der Waals surface area contributed by atoms with Gasteiger partial charge < -0.3 is 20.6 Å². The molecule has 0 unspecified atom stereocenters. The number of nitrogens with two attached hydrogens (primary N) is 1. The van der Waals surface area contributed by atoms with Crippen molar-refractivity contribution in [3.63, 3.8) is 0 Å². The molecular formula is C18H18N8O3S. The molecule has 154 valence electrons. The minimum Gasteiger partial charge on any atom is -0.454 e. The predicted octanol–water partition coefficient (Wildman–Crippen LogP) is 1.68. The average molecular weight is 426 g/mol. The van der Waals surface area contributed by atoms with Crippen molar-refractivity contribution < 1.29 is 14.3 Å². The molecule has 0 spiro atoms. The molecule has 0 saturated carbocycles. The van der Waals surface area contributed by atoms with Gasteiger partial charge in [-0.3, -0.25) is 4.79 Å². The molecule has 0 radical (unpaired) electrons. The number of benzene rings is 1. The molecule has 3 aromatic rings. The quantitative estimate of drug-likeness (QED) is 0.223. The van der Waals surface area contributed by atoms with Crippen LogP contribution >= 0.6 is 11.8 Å². The first-order valence-electron chi connectivity index (χ1n) is 8.84. The molecule has 12 heteroatoms. The number of nitrogens with zero attached hydrogens (tertiary/aromatic N) is 5. The van der Waals surface area contributed by atoms with Crippen LogP contribution in [-0.4, -0.2) is 44.0 Å². The van der Waals surface area contributed by atoms with Gasteiger partial charge in [-0.25, -0.2) is 15.1 Å². The molecule has 2 aromatic heterocycles. The van der Waals surface area contributed by atoms with Gasteiger partial charge in [-0.05, 0) is 37.3 Å². The van der Waals surface area contributed by atoms with E-state index in [4.69, 9.17) is 15.3 Å². The lowest BCUT2D eigenvalue weighted by Gasteiger charge is -2.05. The summed E-state index contributed by atoms with van der Waals surface area (Å²) in [5.41, 5.74) is 4.33. The van der Waals surface area contributed by atoms with Gasteiger partial charge in [0.1, 0.15) is 5.82 Å². The van der Waals surface area contributed by atoms with Crippen LogP contribution in [-0.2, 0) is 4.79 Å². The highest BCUT2D eigenvalue weighted by atomic mass is 32.2. The van der Waals surface area contributed by atoms with Crippen molar-refractivity contribution >= 4 is 35.1 Å². The number of hydrogen-bond acceptors (Lipinski definition) is 10. The molecule has 4 rings (SSSR count). The minimum absolute atomic E-state index is 0.103. The summed E-state index contributed by atoms with van der Waals surface area (Å²) in [7, 11) is 0. The maximum absolute atomic E-state index is 12.0. The van der Waals surface area contributed by atoms with Crippen molar-refractivity contribution in [2.45, 2.75) is 12.1 Å². The Hall–Kier alpha value is -3.80. The van der Waals surface area contributed by atoms with E-state index in [1.807, 2.05) is 25.1 Å². The first-order valence-corrected chi connectivity index (χ1v) is 9.83. The zero-order chi connectivity index (χ0) is 20.9. The van der Waals surface area contributed by atoms with Gasteiger partial charge >= 0.3 is 0 Å². The molecule has 4 N–H and O–H groups in total. The SMILES string of the molecule is C/C(=N\Nc1nnc(SCC(=O)Nc2ccccn2)n1N)c1ccc2c(c1)OCO2. The third-order valence-electron chi connectivity index (χ3n) is 4.04. The van der Waals surface area contributed by atoms with Gasteiger partial charge in [0, 0.05) is 11.8 Å². The number of hydrogen-bond donors (Lipinski definition) is 3. The topological polar surface area (TPSA) is 142 Å². The van der Waals surface area contributed by atoms with Crippen molar-refractivity contribution in [3.8, 4) is 11.5 Å². The maximum atomic E-state index is 12.0. The van der Waals surface area contributed by atoms with Crippen LogP contribution < -0.4 is 26.1 Å².